The van der Waals surface area contributed by atoms with Crippen LogP contribution in [-0.4, -0.2) is 28.6 Å². The topological polar surface area (TPSA) is 106 Å². The Morgan fingerprint density at radius 3 is 2.40 bits per heavy atom. The van der Waals surface area contributed by atoms with Crippen LogP contribution in [0.2, 0.25) is 0 Å². The van der Waals surface area contributed by atoms with Crippen molar-refractivity contribution >= 4 is 5.78 Å². The predicted molar refractivity (Wildman–Crippen MR) is 75.2 cm³/mol. The molecule has 0 radical (unpaired) electrons. The minimum absolute atomic E-state index is 0.0370. The molecule has 0 bridgehead atoms. The van der Waals surface area contributed by atoms with Gasteiger partial charge in [-0.05, 0) is 17.5 Å². The first-order valence-corrected chi connectivity index (χ1v) is 6.48. The van der Waals surface area contributed by atoms with Crippen molar-refractivity contribution in [3.8, 4) is 0 Å². The van der Waals surface area contributed by atoms with Crippen LogP contribution in [-0.2, 0) is 0 Å². The highest BCUT2D eigenvalue weighted by Crippen LogP contribution is 2.20. The molecule has 0 saturated carbocycles. The van der Waals surface area contributed by atoms with Gasteiger partial charge in [-0.3, -0.25) is 4.79 Å². The average molecular weight is 277 g/mol. The van der Waals surface area contributed by atoms with E-state index in [0.29, 0.717) is 11.1 Å². The summed E-state index contributed by atoms with van der Waals surface area (Å²) >= 11 is 0. The SMILES string of the molecule is CC(C)C(=O)c1ccc(C(O)C(O)CCN=[N+]=[N-])cc1. The fraction of sp³-hybridized carbons (Fsp3) is 0.500. The number of carbonyl (C=O) groups excluding carboxylic acids is 1. The number of aliphatic hydroxyl groups excluding tert-OH is 2. The lowest BCUT2D eigenvalue weighted by Gasteiger charge is -2.17. The van der Waals surface area contributed by atoms with Crippen molar-refractivity contribution in [2.45, 2.75) is 32.5 Å². The van der Waals surface area contributed by atoms with E-state index in [1.54, 1.807) is 24.3 Å². The molecule has 0 saturated heterocycles. The van der Waals surface area contributed by atoms with Gasteiger partial charge in [0.2, 0.25) is 0 Å². The summed E-state index contributed by atoms with van der Waals surface area (Å²) in [6.07, 6.45) is -1.89. The van der Waals surface area contributed by atoms with Crippen molar-refractivity contribution in [1.29, 1.82) is 0 Å². The molecular formula is C14H19N3O3. The Kier molecular flexibility index (Phi) is 6.18. The third-order valence-corrected chi connectivity index (χ3v) is 3.01. The molecule has 2 N–H and O–H groups in total. The van der Waals surface area contributed by atoms with E-state index in [4.69, 9.17) is 5.53 Å². The molecule has 0 aromatic heterocycles. The molecule has 6 nitrogen and oxygen atoms in total. The molecule has 0 spiro atoms. The second kappa shape index (κ2) is 7.65. The molecule has 0 aliphatic rings. The maximum atomic E-state index is 11.8. The molecule has 0 fully saturated rings. The second-order valence-corrected chi connectivity index (χ2v) is 4.90. The van der Waals surface area contributed by atoms with Crippen molar-refractivity contribution in [2.24, 2.45) is 11.0 Å². The molecule has 2 atom stereocenters. The normalized spacial score (nSPS) is 13.7. The van der Waals surface area contributed by atoms with Gasteiger partial charge in [0.1, 0.15) is 6.10 Å². The van der Waals surface area contributed by atoms with E-state index in [1.807, 2.05) is 13.8 Å². The van der Waals surface area contributed by atoms with Crippen LogP contribution >= 0.6 is 0 Å². The number of Topliss-reactive ketones (excluding diaryl/α,β-unsaturated/α-hetero) is 1. The zero-order valence-electron chi connectivity index (χ0n) is 11.6. The lowest BCUT2D eigenvalue weighted by Crippen LogP contribution is -2.19. The maximum Gasteiger partial charge on any atom is 0.165 e. The number of hydrogen-bond donors (Lipinski definition) is 2. The summed E-state index contributed by atoms with van der Waals surface area (Å²) in [5.41, 5.74) is 9.25. The summed E-state index contributed by atoms with van der Waals surface area (Å²) in [7, 11) is 0. The smallest absolute Gasteiger partial charge is 0.165 e. The molecule has 1 aromatic rings. The Morgan fingerprint density at radius 2 is 1.90 bits per heavy atom. The second-order valence-electron chi connectivity index (χ2n) is 4.90. The van der Waals surface area contributed by atoms with Gasteiger partial charge in [-0.15, -0.1) is 0 Å². The third kappa shape index (κ3) is 4.35. The number of carbonyl (C=O) groups is 1. The van der Waals surface area contributed by atoms with Gasteiger partial charge in [-0.1, -0.05) is 43.2 Å². The van der Waals surface area contributed by atoms with E-state index in [0.717, 1.165) is 0 Å². The van der Waals surface area contributed by atoms with E-state index in [2.05, 4.69) is 10.0 Å². The molecule has 1 rings (SSSR count). The Balaban J connectivity index is 2.72. The summed E-state index contributed by atoms with van der Waals surface area (Å²) < 4.78 is 0. The molecule has 2 unspecified atom stereocenters. The number of nitrogens with zero attached hydrogens (tertiary/aromatic N) is 3. The van der Waals surface area contributed by atoms with E-state index in [9.17, 15) is 15.0 Å². The Hall–Kier alpha value is -1.88. The van der Waals surface area contributed by atoms with Gasteiger partial charge in [0.25, 0.3) is 0 Å². The van der Waals surface area contributed by atoms with Crippen LogP contribution in [0, 0.1) is 5.92 Å². The number of benzene rings is 1. The lowest BCUT2D eigenvalue weighted by atomic mass is 9.97. The number of aliphatic hydroxyl groups is 2. The van der Waals surface area contributed by atoms with Gasteiger partial charge in [0.05, 0.1) is 6.10 Å². The first-order chi connectivity index (χ1) is 9.47. The lowest BCUT2D eigenvalue weighted by molar-refractivity contribution is 0.0150. The molecule has 0 amide bonds. The zero-order chi connectivity index (χ0) is 15.1. The first kappa shape index (κ1) is 16.2. The van der Waals surface area contributed by atoms with Crippen molar-refractivity contribution in [2.75, 3.05) is 6.54 Å². The van der Waals surface area contributed by atoms with Crippen molar-refractivity contribution in [3.05, 3.63) is 45.8 Å². The molecular weight excluding hydrogens is 258 g/mol. The van der Waals surface area contributed by atoms with E-state index in [-0.39, 0.29) is 24.7 Å². The molecule has 20 heavy (non-hydrogen) atoms. The molecule has 0 aliphatic heterocycles. The summed E-state index contributed by atoms with van der Waals surface area (Å²) in [4.78, 5) is 14.4. The average Bonchev–Trinajstić information content (AvgIpc) is 2.46. The summed E-state index contributed by atoms with van der Waals surface area (Å²) in [5, 5.41) is 23.0. The number of azide groups is 1. The van der Waals surface area contributed by atoms with Crippen molar-refractivity contribution < 1.29 is 15.0 Å². The Labute approximate surface area is 117 Å². The van der Waals surface area contributed by atoms with Crippen LogP contribution in [0.15, 0.2) is 29.4 Å². The van der Waals surface area contributed by atoms with Gasteiger partial charge in [0.15, 0.2) is 5.78 Å². The van der Waals surface area contributed by atoms with Crippen LogP contribution in [0.3, 0.4) is 0 Å². The van der Waals surface area contributed by atoms with Crippen LogP contribution in [0.1, 0.15) is 42.3 Å². The van der Waals surface area contributed by atoms with Crippen LogP contribution in [0.4, 0.5) is 0 Å². The number of rotatable bonds is 7. The first-order valence-electron chi connectivity index (χ1n) is 6.48. The Bertz CT molecular complexity index is 493. The minimum atomic E-state index is -1.06. The summed E-state index contributed by atoms with van der Waals surface area (Å²) in [6, 6.07) is 6.52. The molecule has 0 heterocycles. The fourth-order valence-electron chi connectivity index (χ4n) is 1.79. The van der Waals surface area contributed by atoms with Gasteiger partial charge >= 0.3 is 0 Å². The summed E-state index contributed by atoms with van der Waals surface area (Å²) in [5.74, 6) is -0.0462. The third-order valence-electron chi connectivity index (χ3n) is 3.01. The molecule has 0 aliphatic carbocycles. The molecule has 1 aromatic carbocycles. The van der Waals surface area contributed by atoms with E-state index >= 15 is 0 Å². The van der Waals surface area contributed by atoms with Crippen LogP contribution < -0.4 is 0 Å². The Morgan fingerprint density at radius 1 is 1.30 bits per heavy atom. The fourth-order valence-corrected chi connectivity index (χ4v) is 1.79. The number of ketones is 1. The largest absolute Gasteiger partial charge is 0.390 e. The highest BCUT2D eigenvalue weighted by Gasteiger charge is 2.18. The standard InChI is InChI=1S/C14H19N3O3/c1-9(2)13(19)10-3-5-11(6-4-10)14(20)12(18)7-8-16-17-15/h3-6,9,12,14,18,20H,7-8H2,1-2H3. The molecule has 6 heteroatoms. The van der Waals surface area contributed by atoms with Crippen LogP contribution in [0.25, 0.3) is 10.4 Å². The van der Waals surface area contributed by atoms with Crippen LogP contribution in [0.5, 0.6) is 0 Å². The van der Waals surface area contributed by atoms with Gasteiger partial charge in [-0.25, -0.2) is 0 Å². The monoisotopic (exact) mass is 277 g/mol. The minimum Gasteiger partial charge on any atom is -0.390 e. The zero-order valence-corrected chi connectivity index (χ0v) is 11.6. The maximum absolute atomic E-state index is 11.8. The summed E-state index contributed by atoms with van der Waals surface area (Å²) in [6.45, 7) is 3.77. The van der Waals surface area contributed by atoms with E-state index in [1.165, 1.54) is 0 Å². The quantitative estimate of drug-likeness (QED) is 0.346. The van der Waals surface area contributed by atoms with Gasteiger partial charge in [0, 0.05) is 22.9 Å². The van der Waals surface area contributed by atoms with Gasteiger partial charge < -0.3 is 10.2 Å². The molecule has 108 valence electrons. The van der Waals surface area contributed by atoms with Crippen molar-refractivity contribution in [3.63, 3.8) is 0 Å². The highest BCUT2D eigenvalue weighted by molar-refractivity contribution is 5.97. The van der Waals surface area contributed by atoms with Crippen molar-refractivity contribution in [1.82, 2.24) is 0 Å². The highest BCUT2D eigenvalue weighted by atomic mass is 16.3. The predicted octanol–water partition coefficient (Wildman–Crippen LogP) is 2.62. The van der Waals surface area contributed by atoms with E-state index < -0.39 is 12.2 Å². The number of hydrogen-bond acceptors (Lipinski definition) is 4. The van der Waals surface area contributed by atoms with Gasteiger partial charge in [-0.2, -0.15) is 0 Å².